The fourth-order valence-electron chi connectivity index (χ4n) is 5.37. The number of benzene rings is 1. The van der Waals surface area contributed by atoms with Crippen LogP contribution in [0.2, 0.25) is 0 Å². The van der Waals surface area contributed by atoms with E-state index in [0.717, 1.165) is 45.6 Å². The lowest BCUT2D eigenvalue weighted by molar-refractivity contribution is -0.126. The van der Waals surface area contributed by atoms with Gasteiger partial charge in [0.2, 0.25) is 5.91 Å². The zero-order chi connectivity index (χ0) is 23.1. The van der Waals surface area contributed by atoms with Gasteiger partial charge in [0.05, 0.1) is 11.8 Å². The second-order valence-electron chi connectivity index (χ2n) is 10.3. The summed E-state index contributed by atoms with van der Waals surface area (Å²) in [5, 5.41) is 6.74. The number of ether oxygens (including phenoxy) is 1. The Hall–Kier alpha value is -0.430. The summed E-state index contributed by atoms with van der Waals surface area (Å²) in [6.07, 6.45) is 10.4. The van der Waals surface area contributed by atoms with Crippen LogP contribution in [-0.2, 0) is 16.1 Å². The van der Waals surface area contributed by atoms with Gasteiger partial charge >= 0.3 is 0 Å². The third-order valence-corrected chi connectivity index (χ3v) is 8.35. The van der Waals surface area contributed by atoms with Gasteiger partial charge in [-0.15, -0.1) is 0 Å². The summed E-state index contributed by atoms with van der Waals surface area (Å²) in [4.78, 5) is 12.8. The van der Waals surface area contributed by atoms with Crippen molar-refractivity contribution in [1.29, 1.82) is 0 Å². The molecule has 0 unspecified atom stereocenters. The Kier molecular flexibility index (Phi) is 10.5. The fourth-order valence-corrected chi connectivity index (χ4v) is 6.79. The predicted molar refractivity (Wildman–Crippen MR) is 140 cm³/mol. The van der Waals surface area contributed by atoms with Crippen LogP contribution in [0, 0.1) is 23.7 Å². The maximum Gasteiger partial charge on any atom is 0.250 e. The molecule has 2 fully saturated rings. The van der Waals surface area contributed by atoms with E-state index in [-0.39, 0.29) is 18.6 Å². The molecule has 0 heterocycles. The number of amides is 1. The Morgan fingerprint density at radius 2 is 1.88 bits per heavy atom. The lowest BCUT2D eigenvalue weighted by atomic mass is 9.75. The first-order valence-corrected chi connectivity index (χ1v) is 14.0. The van der Waals surface area contributed by atoms with Crippen molar-refractivity contribution in [2.75, 3.05) is 18.5 Å². The smallest absolute Gasteiger partial charge is 0.250 e. The monoisotopic (exact) mass is 570 g/mol. The zero-order valence-electron chi connectivity index (χ0n) is 19.9. The van der Waals surface area contributed by atoms with E-state index < -0.39 is 0 Å². The average Bonchev–Trinajstić information content (AvgIpc) is 2.75. The number of hydrogen-bond donors (Lipinski definition) is 2. The third kappa shape index (κ3) is 7.82. The van der Waals surface area contributed by atoms with Crippen LogP contribution >= 0.6 is 31.9 Å². The van der Waals surface area contributed by atoms with Crippen molar-refractivity contribution in [3.8, 4) is 0 Å². The van der Waals surface area contributed by atoms with E-state index in [1.54, 1.807) is 0 Å². The molecule has 6 heteroatoms. The minimum atomic E-state index is -0.0812. The highest BCUT2D eigenvalue weighted by Crippen LogP contribution is 2.35. The Morgan fingerprint density at radius 3 is 2.59 bits per heavy atom. The maximum atomic E-state index is 12.8. The van der Waals surface area contributed by atoms with E-state index in [9.17, 15) is 4.79 Å². The SMILES string of the molecule is CC(C)[C@H]1CC[C@@H](C)C[C@@H]1OCC(=O)Nc1c(Br)cc(Br)cc1CNCC1CCCCC1. The van der Waals surface area contributed by atoms with Crippen LogP contribution in [-0.4, -0.2) is 25.2 Å². The number of nitrogens with one attached hydrogen (secondary N) is 2. The van der Waals surface area contributed by atoms with Gasteiger partial charge in [-0.25, -0.2) is 0 Å². The first-order valence-electron chi connectivity index (χ1n) is 12.4. The topological polar surface area (TPSA) is 50.4 Å². The van der Waals surface area contributed by atoms with Crippen LogP contribution in [0.15, 0.2) is 21.1 Å². The van der Waals surface area contributed by atoms with Crippen LogP contribution in [0.5, 0.6) is 0 Å². The van der Waals surface area contributed by atoms with Gasteiger partial charge in [0, 0.05) is 15.5 Å². The fraction of sp³-hybridized carbons (Fsp3) is 0.731. The molecule has 3 rings (SSSR count). The molecule has 4 nitrogen and oxygen atoms in total. The van der Waals surface area contributed by atoms with E-state index in [0.29, 0.717) is 17.8 Å². The van der Waals surface area contributed by atoms with Gasteiger partial charge < -0.3 is 15.4 Å². The van der Waals surface area contributed by atoms with Gasteiger partial charge in [0.1, 0.15) is 6.61 Å². The lowest BCUT2D eigenvalue weighted by Gasteiger charge is -2.37. The molecular formula is C26H40Br2N2O2. The number of carbonyl (C=O) groups excluding carboxylic acids is 1. The molecule has 2 aliphatic rings. The van der Waals surface area contributed by atoms with E-state index in [1.165, 1.54) is 44.9 Å². The molecule has 2 aliphatic carbocycles. The number of carbonyl (C=O) groups is 1. The van der Waals surface area contributed by atoms with Gasteiger partial charge in [0.25, 0.3) is 0 Å². The van der Waals surface area contributed by atoms with Crippen LogP contribution in [0.3, 0.4) is 0 Å². The minimum Gasteiger partial charge on any atom is -0.368 e. The van der Waals surface area contributed by atoms with Gasteiger partial charge in [0.15, 0.2) is 0 Å². The number of anilines is 1. The molecule has 0 saturated heterocycles. The molecule has 3 atom stereocenters. The molecule has 32 heavy (non-hydrogen) atoms. The summed E-state index contributed by atoms with van der Waals surface area (Å²) in [5.74, 6) is 2.48. The van der Waals surface area contributed by atoms with Crippen LogP contribution in [0.1, 0.15) is 77.7 Å². The third-order valence-electron chi connectivity index (χ3n) is 7.26. The highest BCUT2D eigenvalue weighted by atomic mass is 79.9. The summed E-state index contributed by atoms with van der Waals surface area (Å²) in [5.41, 5.74) is 1.93. The van der Waals surface area contributed by atoms with Crippen LogP contribution < -0.4 is 10.6 Å². The molecular weight excluding hydrogens is 532 g/mol. The maximum absolute atomic E-state index is 12.8. The Morgan fingerprint density at radius 1 is 1.12 bits per heavy atom. The van der Waals surface area contributed by atoms with Crippen molar-refractivity contribution in [1.82, 2.24) is 5.32 Å². The van der Waals surface area contributed by atoms with E-state index in [1.807, 2.05) is 6.07 Å². The minimum absolute atomic E-state index is 0.0812. The molecule has 0 bridgehead atoms. The zero-order valence-corrected chi connectivity index (χ0v) is 23.1. The van der Waals surface area contributed by atoms with Crippen molar-refractivity contribution in [2.45, 2.75) is 84.8 Å². The largest absolute Gasteiger partial charge is 0.368 e. The van der Waals surface area contributed by atoms with Crippen molar-refractivity contribution in [3.63, 3.8) is 0 Å². The van der Waals surface area contributed by atoms with Crippen LogP contribution in [0.25, 0.3) is 0 Å². The summed E-state index contributed by atoms with van der Waals surface area (Å²) in [6.45, 7) is 8.71. The van der Waals surface area contributed by atoms with Gasteiger partial charge in [-0.05, 0) is 89.5 Å². The Balaban J connectivity index is 1.57. The lowest BCUT2D eigenvalue weighted by Crippen LogP contribution is -2.36. The van der Waals surface area contributed by atoms with E-state index >= 15 is 0 Å². The molecule has 0 spiro atoms. The molecule has 1 aromatic rings. The molecule has 180 valence electrons. The van der Waals surface area contributed by atoms with Crippen molar-refractivity contribution in [3.05, 3.63) is 26.6 Å². The molecule has 1 aromatic carbocycles. The molecule has 2 N–H and O–H groups in total. The second kappa shape index (κ2) is 12.9. The second-order valence-corrected chi connectivity index (χ2v) is 12.1. The van der Waals surface area contributed by atoms with Crippen molar-refractivity contribution < 1.29 is 9.53 Å². The Bertz CT molecular complexity index is 750. The molecule has 1 amide bonds. The summed E-state index contributed by atoms with van der Waals surface area (Å²) < 4.78 is 8.07. The predicted octanol–water partition coefficient (Wildman–Crippen LogP) is 7.30. The molecule has 2 saturated carbocycles. The van der Waals surface area contributed by atoms with E-state index in [4.69, 9.17) is 4.74 Å². The summed E-state index contributed by atoms with van der Waals surface area (Å²) >= 11 is 7.24. The highest BCUT2D eigenvalue weighted by Gasteiger charge is 2.31. The standard InChI is InChI=1S/C26H40Br2N2O2/c1-17(2)22-10-9-18(3)11-24(22)32-16-25(31)30-26-20(12-21(27)13-23(26)28)15-29-14-19-7-5-4-6-8-19/h12-13,17-19,22,24,29H,4-11,14-16H2,1-3H3,(H,30,31)/t18-,22-,24+/m1/s1. The van der Waals surface area contributed by atoms with Gasteiger partial charge in [-0.3, -0.25) is 4.79 Å². The van der Waals surface area contributed by atoms with Crippen molar-refractivity contribution >= 4 is 43.5 Å². The molecule has 0 aromatic heterocycles. The number of hydrogen-bond acceptors (Lipinski definition) is 3. The van der Waals surface area contributed by atoms with Gasteiger partial charge in [-0.2, -0.15) is 0 Å². The normalized spacial score (nSPS) is 24.6. The van der Waals surface area contributed by atoms with E-state index in [2.05, 4.69) is 69.3 Å². The summed E-state index contributed by atoms with van der Waals surface area (Å²) in [7, 11) is 0. The first-order chi connectivity index (χ1) is 15.3. The Labute approximate surface area is 211 Å². The molecule has 0 radical (unpaired) electrons. The van der Waals surface area contributed by atoms with Crippen LogP contribution in [0.4, 0.5) is 5.69 Å². The summed E-state index contributed by atoms with van der Waals surface area (Å²) in [6, 6.07) is 4.07. The average molecular weight is 572 g/mol. The van der Waals surface area contributed by atoms with Crippen molar-refractivity contribution in [2.24, 2.45) is 23.7 Å². The molecule has 0 aliphatic heterocycles. The highest BCUT2D eigenvalue weighted by molar-refractivity contribution is 9.11. The first kappa shape index (κ1) is 26.2. The van der Waals surface area contributed by atoms with Gasteiger partial charge in [-0.1, -0.05) is 62.4 Å². The number of rotatable bonds is 9. The quantitative estimate of drug-likeness (QED) is 0.327. The number of halogens is 2.